The number of amides is 1. The monoisotopic (exact) mass is 333 g/mol. The van der Waals surface area contributed by atoms with Crippen molar-refractivity contribution < 1.29 is 14.3 Å². The second kappa shape index (κ2) is 6.92. The van der Waals surface area contributed by atoms with Crippen molar-refractivity contribution in [1.29, 1.82) is 0 Å². The molecule has 0 fully saturated rings. The molecule has 0 saturated carbocycles. The lowest BCUT2D eigenvalue weighted by molar-refractivity contribution is 0.0860. The van der Waals surface area contributed by atoms with E-state index in [0.717, 1.165) is 5.56 Å². The zero-order chi connectivity index (χ0) is 17.9. The average Bonchev–Trinajstić information content (AvgIpc) is 2.55. The van der Waals surface area contributed by atoms with Crippen molar-refractivity contribution in [3.8, 4) is 0 Å². The zero-order valence-electron chi connectivity index (χ0n) is 13.8. The number of alkyl halides is 1. The van der Waals surface area contributed by atoms with Gasteiger partial charge in [-0.2, -0.15) is 5.10 Å². The van der Waals surface area contributed by atoms with E-state index in [-0.39, 0.29) is 5.69 Å². The number of aliphatic hydroxyl groups is 1. The van der Waals surface area contributed by atoms with Gasteiger partial charge in [0.2, 0.25) is 0 Å². The number of hydrogen-bond acceptors (Lipinski definition) is 4. The molecule has 0 aliphatic rings. The van der Waals surface area contributed by atoms with Gasteiger partial charge in [-0.05, 0) is 43.5 Å². The molecule has 0 spiro atoms. The Kier molecular flexibility index (Phi) is 5.14. The van der Waals surface area contributed by atoms with Gasteiger partial charge >= 0.3 is 0 Å². The summed E-state index contributed by atoms with van der Waals surface area (Å²) in [6.07, 6.45) is 0. The van der Waals surface area contributed by atoms with E-state index in [1.54, 1.807) is 32.0 Å². The van der Waals surface area contributed by atoms with Crippen LogP contribution in [0.3, 0.4) is 0 Å². The van der Waals surface area contributed by atoms with Gasteiger partial charge < -0.3 is 10.4 Å². The predicted octanol–water partition coefficient (Wildman–Crippen LogP) is 1.75. The Bertz CT molecular complexity index is 781. The maximum atomic E-state index is 14.4. The number of hydrogen-bond donors (Lipinski definition) is 3. The van der Waals surface area contributed by atoms with Crippen molar-refractivity contribution >= 4 is 5.91 Å². The summed E-state index contributed by atoms with van der Waals surface area (Å²) in [6.45, 7) is 4.20. The van der Waals surface area contributed by atoms with Gasteiger partial charge in [-0.25, -0.2) is 9.49 Å². The van der Waals surface area contributed by atoms with Gasteiger partial charge in [-0.3, -0.25) is 9.59 Å². The number of nitrogens with zero attached hydrogens (tertiary/aromatic N) is 1. The number of carbonyl (C=O) groups is 1. The lowest BCUT2D eigenvalue weighted by Gasteiger charge is -2.24. The summed E-state index contributed by atoms with van der Waals surface area (Å²) in [5.74, 6) is -0.450. The first kappa shape index (κ1) is 17.8. The molecule has 7 heteroatoms. The quantitative estimate of drug-likeness (QED) is 0.777. The highest BCUT2D eigenvalue weighted by Crippen LogP contribution is 2.31. The Labute approximate surface area is 138 Å². The van der Waals surface area contributed by atoms with E-state index >= 15 is 0 Å². The van der Waals surface area contributed by atoms with Crippen molar-refractivity contribution in [2.45, 2.75) is 32.5 Å². The number of aromatic amines is 1. The van der Waals surface area contributed by atoms with Crippen LogP contribution in [0.25, 0.3) is 0 Å². The van der Waals surface area contributed by atoms with E-state index in [0.29, 0.717) is 11.1 Å². The lowest BCUT2D eigenvalue weighted by atomic mass is 9.89. The fraction of sp³-hybridized carbons (Fsp3) is 0.353. The Balaban J connectivity index is 2.25. The number of rotatable bonds is 5. The molecule has 2 aromatic rings. The minimum atomic E-state index is -1.86. The van der Waals surface area contributed by atoms with E-state index in [9.17, 15) is 19.1 Å². The molecule has 3 N–H and O–H groups in total. The second-order valence-electron chi connectivity index (χ2n) is 5.88. The van der Waals surface area contributed by atoms with Crippen LogP contribution in [0.1, 0.15) is 47.1 Å². The Morgan fingerprint density at radius 2 is 2.12 bits per heavy atom. The maximum Gasteiger partial charge on any atom is 0.272 e. The summed E-state index contributed by atoms with van der Waals surface area (Å²) in [7, 11) is 0. The standard InChI is InChI=1S/C17H20FN3O3/c1-10-12(5-4-6-13(10)17(3,18)9-22)11(2)19-16(24)14-7-8-15(23)21-20-14/h4-8,11,22H,9H2,1-3H3,(H,19,24)(H,21,23)/t11-,17?/m1/s1. The minimum Gasteiger partial charge on any atom is -0.393 e. The van der Waals surface area contributed by atoms with Crippen LogP contribution in [0.15, 0.2) is 35.1 Å². The first-order valence-electron chi connectivity index (χ1n) is 7.52. The van der Waals surface area contributed by atoms with Crippen molar-refractivity contribution in [3.05, 3.63) is 63.1 Å². The van der Waals surface area contributed by atoms with Gasteiger partial charge in [0.1, 0.15) is 5.69 Å². The van der Waals surface area contributed by atoms with E-state index < -0.39 is 29.8 Å². The van der Waals surface area contributed by atoms with E-state index in [1.165, 1.54) is 19.1 Å². The van der Waals surface area contributed by atoms with Crippen LogP contribution in [-0.4, -0.2) is 27.8 Å². The van der Waals surface area contributed by atoms with E-state index in [4.69, 9.17) is 0 Å². The van der Waals surface area contributed by atoms with Crippen molar-refractivity contribution in [2.75, 3.05) is 6.61 Å². The fourth-order valence-electron chi connectivity index (χ4n) is 2.59. The van der Waals surface area contributed by atoms with E-state index in [2.05, 4.69) is 15.5 Å². The average molecular weight is 333 g/mol. The zero-order valence-corrected chi connectivity index (χ0v) is 13.8. The third kappa shape index (κ3) is 3.68. The Morgan fingerprint density at radius 3 is 2.71 bits per heavy atom. The van der Waals surface area contributed by atoms with Gasteiger partial charge in [0.15, 0.2) is 5.67 Å². The molecule has 6 nitrogen and oxygen atoms in total. The summed E-state index contributed by atoms with van der Waals surface area (Å²) in [6, 6.07) is 7.24. The molecule has 24 heavy (non-hydrogen) atoms. The summed E-state index contributed by atoms with van der Waals surface area (Å²) in [4.78, 5) is 23.2. The highest BCUT2D eigenvalue weighted by atomic mass is 19.1. The molecule has 0 bridgehead atoms. The normalized spacial score (nSPS) is 14.7. The Morgan fingerprint density at radius 1 is 1.42 bits per heavy atom. The highest BCUT2D eigenvalue weighted by Gasteiger charge is 2.28. The van der Waals surface area contributed by atoms with Crippen LogP contribution in [-0.2, 0) is 5.67 Å². The molecule has 2 rings (SSSR count). The molecule has 2 atom stereocenters. The SMILES string of the molecule is Cc1c([C@@H](C)NC(=O)c2ccc(=O)[nH]n2)cccc1C(C)(F)CO. The number of aliphatic hydroxyl groups excluding tert-OH is 1. The van der Waals surface area contributed by atoms with Gasteiger partial charge in [0, 0.05) is 6.07 Å². The molecule has 1 amide bonds. The predicted molar refractivity (Wildman–Crippen MR) is 87.5 cm³/mol. The molecule has 0 radical (unpaired) electrons. The van der Waals surface area contributed by atoms with Crippen LogP contribution in [0.5, 0.6) is 0 Å². The van der Waals surface area contributed by atoms with Crippen molar-refractivity contribution in [3.63, 3.8) is 0 Å². The smallest absolute Gasteiger partial charge is 0.272 e. The molecule has 0 aliphatic heterocycles. The first-order chi connectivity index (χ1) is 11.3. The van der Waals surface area contributed by atoms with Crippen LogP contribution in [0.4, 0.5) is 4.39 Å². The molecule has 0 aliphatic carbocycles. The van der Waals surface area contributed by atoms with Crippen molar-refractivity contribution in [2.24, 2.45) is 0 Å². The fourth-order valence-corrected chi connectivity index (χ4v) is 2.59. The summed E-state index contributed by atoms with van der Waals surface area (Å²) >= 11 is 0. The highest BCUT2D eigenvalue weighted by molar-refractivity contribution is 5.92. The van der Waals surface area contributed by atoms with Gasteiger partial charge in [0.25, 0.3) is 11.5 Å². The third-order valence-corrected chi connectivity index (χ3v) is 3.96. The molecule has 1 aromatic heterocycles. The van der Waals surface area contributed by atoms with Crippen molar-refractivity contribution in [1.82, 2.24) is 15.5 Å². The molecule has 1 heterocycles. The number of H-pyrrole nitrogens is 1. The second-order valence-corrected chi connectivity index (χ2v) is 5.88. The molecular formula is C17H20FN3O3. The molecule has 128 valence electrons. The largest absolute Gasteiger partial charge is 0.393 e. The number of aromatic nitrogens is 2. The van der Waals surface area contributed by atoms with Gasteiger partial charge in [-0.1, -0.05) is 18.2 Å². The van der Waals surface area contributed by atoms with Gasteiger partial charge in [0.05, 0.1) is 12.6 Å². The third-order valence-electron chi connectivity index (χ3n) is 3.96. The minimum absolute atomic E-state index is 0.0842. The Hall–Kier alpha value is -2.54. The summed E-state index contributed by atoms with van der Waals surface area (Å²) in [5.41, 5.74) is -0.382. The number of nitrogens with one attached hydrogen (secondary N) is 2. The first-order valence-corrected chi connectivity index (χ1v) is 7.52. The summed E-state index contributed by atoms with van der Waals surface area (Å²) in [5, 5.41) is 17.9. The van der Waals surface area contributed by atoms with Crippen LogP contribution < -0.4 is 10.9 Å². The van der Waals surface area contributed by atoms with Crippen LogP contribution in [0.2, 0.25) is 0 Å². The molecule has 1 aromatic carbocycles. The number of benzene rings is 1. The van der Waals surface area contributed by atoms with Crippen LogP contribution >= 0.6 is 0 Å². The lowest BCUT2D eigenvalue weighted by Crippen LogP contribution is -2.29. The summed E-state index contributed by atoms with van der Waals surface area (Å²) < 4.78 is 14.4. The number of carbonyl (C=O) groups excluding carboxylic acids is 1. The molecular weight excluding hydrogens is 313 g/mol. The molecule has 0 saturated heterocycles. The number of halogens is 1. The topological polar surface area (TPSA) is 95.1 Å². The van der Waals surface area contributed by atoms with Crippen LogP contribution in [0, 0.1) is 6.92 Å². The van der Waals surface area contributed by atoms with Gasteiger partial charge in [-0.15, -0.1) is 0 Å². The maximum absolute atomic E-state index is 14.4. The van der Waals surface area contributed by atoms with E-state index in [1.807, 2.05) is 0 Å². The molecule has 1 unspecified atom stereocenters.